The molecule has 0 aliphatic heterocycles. The van der Waals surface area contributed by atoms with Crippen LogP contribution < -0.4 is 5.32 Å². The van der Waals surface area contributed by atoms with Crippen LogP contribution in [0.2, 0.25) is 20.1 Å². The summed E-state index contributed by atoms with van der Waals surface area (Å²) >= 11 is 24.9. The maximum atomic E-state index is 12.1. The Morgan fingerprint density at radius 1 is 1.08 bits per heavy atom. The fraction of sp³-hybridized carbons (Fsp3) is 0.0667. The summed E-state index contributed by atoms with van der Waals surface area (Å²) in [4.78, 5) is 16.3. The van der Waals surface area contributed by atoms with Crippen molar-refractivity contribution >= 4 is 80.9 Å². The highest BCUT2D eigenvalue weighted by Gasteiger charge is 2.13. The molecule has 2 aromatic carbocycles. The number of aromatic nitrogens is 1. The molecule has 9 heteroatoms. The number of amides is 1. The predicted molar refractivity (Wildman–Crippen MR) is 99.8 cm³/mol. The number of nitrogens with zero attached hydrogens (tertiary/aromatic N) is 1. The first kappa shape index (κ1) is 17.7. The monoisotopic (exact) mass is 420 g/mol. The molecule has 0 bridgehead atoms. The molecule has 1 amide bonds. The smallest absolute Gasteiger partial charge is 0.257 e. The number of nitrogens with one attached hydrogen (secondary N) is 1. The minimum atomic E-state index is -0.300. The first-order chi connectivity index (χ1) is 11.4. The van der Waals surface area contributed by atoms with Crippen LogP contribution in [-0.2, 0) is 4.79 Å². The molecule has 0 aliphatic rings. The molecule has 3 rings (SSSR count). The van der Waals surface area contributed by atoms with Crippen LogP contribution in [0.1, 0.15) is 0 Å². The summed E-state index contributed by atoms with van der Waals surface area (Å²) in [6.45, 7) is 0. The van der Waals surface area contributed by atoms with Crippen LogP contribution in [0.4, 0.5) is 5.69 Å². The van der Waals surface area contributed by atoms with Gasteiger partial charge < -0.3 is 9.73 Å². The van der Waals surface area contributed by atoms with E-state index in [9.17, 15) is 4.79 Å². The molecular weight excluding hydrogens is 414 g/mol. The molecule has 1 aromatic heterocycles. The molecule has 24 heavy (non-hydrogen) atoms. The van der Waals surface area contributed by atoms with Gasteiger partial charge in [-0.15, -0.1) is 0 Å². The number of halogens is 4. The number of anilines is 1. The molecule has 0 aliphatic carbocycles. The molecule has 0 saturated heterocycles. The van der Waals surface area contributed by atoms with E-state index in [4.69, 9.17) is 50.8 Å². The first-order valence-corrected chi connectivity index (χ1v) is 9.05. The molecule has 124 valence electrons. The van der Waals surface area contributed by atoms with Crippen LogP contribution in [0, 0.1) is 0 Å². The molecule has 3 aromatic rings. The van der Waals surface area contributed by atoms with Crippen molar-refractivity contribution in [1.82, 2.24) is 4.98 Å². The molecule has 0 unspecified atom stereocenters. The summed E-state index contributed by atoms with van der Waals surface area (Å²) in [6.07, 6.45) is 0. The quantitative estimate of drug-likeness (QED) is 0.511. The van der Waals surface area contributed by atoms with Gasteiger partial charge in [-0.3, -0.25) is 4.79 Å². The Labute approximate surface area is 161 Å². The lowest BCUT2D eigenvalue weighted by atomic mass is 10.3. The first-order valence-electron chi connectivity index (χ1n) is 6.55. The highest BCUT2D eigenvalue weighted by molar-refractivity contribution is 7.99. The van der Waals surface area contributed by atoms with Crippen LogP contribution in [0.25, 0.3) is 11.1 Å². The fourth-order valence-electron chi connectivity index (χ4n) is 1.91. The van der Waals surface area contributed by atoms with Gasteiger partial charge in [-0.05, 0) is 30.3 Å². The third kappa shape index (κ3) is 4.10. The van der Waals surface area contributed by atoms with E-state index in [1.807, 2.05) is 0 Å². The van der Waals surface area contributed by atoms with Crippen molar-refractivity contribution in [3.05, 3.63) is 50.4 Å². The van der Waals surface area contributed by atoms with Crippen molar-refractivity contribution in [3.8, 4) is 0 Å². The Morgan fingerprint density at radius 2 is 1.79 bits per heavy atom. The Morgan fingerprint density at radius 3 is 2.50 bits per heavy atom. The molecule has 0 fully saturated rings. The SMILES string of the molecule is O=C(CSc1nc2cc(Cl)ccc2o1)Nc1c(Cl)cc(Cl)cc1Cl. The van der Waals surface area contributed by atoms with Crippen LogP contribution in [0.15, 0.2) is 40.0 Å². The van der Waals surface area contributed by atoms with Crippen LogP contribution >= 0.6 is 58.2 Å². The van der Waals surface area contributed by atoms with Gasteiger partial charge in [0.1, 0.15) is 5.52 Å². The Kier molecular flexibility index (Phi) is 5.47. The number of hydrogen-bond acceptors (Lipinski definition) is 4. The van der Waals surface area contributed by atoms with Gasteiger partial charge in [0.25, 0.3) is 5.22 Å². The molecular formula is C15H8Cl4N2O2S. The molecule has 1 heterocycles. The topological polar surface area (TPSA) is 55.1 Å². The van der Waals surface area contributed by atoms with Crippen molar-refractivity contribution in [2.75, 3.05) is 11.1 Å². The van der Waals surface area contributed by atoms with Crippen LogP contribution in [0.3, 0.4) is 0 Å². The molecule has 0 atom stereocenters. The Hall–Kier alpha value is -1.11. The number of benzene rings is 2. The van der Waals surface area contributed by atoms with Crippen molar-refractivity contribution in [3.63, 3.8) is 0 Å². The normalized spacial score (nSPS) is 11.0. The largest absolute Gasteiger partial charge is 0.431 e. The molecule has 1 N–H and O–H groups in total. The van der Waals surface area contributed by atoms with Crippen LogP contribution in [0.5, 0.6) is 0 Å². The van der Waals surface area contributed by atoms with E-state index in [0.29, 0.717) is 32.1 Å². The molecule has 4 nitrogen and oxygen atoms in total. The van der Waals surface area contributed by atoms with Gasteiger partial charge in [0, 0.05) is 10.0 Å². The highest BCUT2D eigenvalue weighted by atomic mass is 35.5. The number of hydrogen-bond donors (Lipinski definition) is 1. The van der Waals surface area contributed by atoms with E-state index in [1.54, 1.807) is 18.2 Å². The van der Waals surface area contributed by atoms with E-state index < -0.39 is 0 Å². The number of carbonyl (C=O) groups is 1. The molecule has 0 spiro atoms. The third-order valence-corrected chi connectivity index (χ3v) is 4.81. The predicted octanol–water partition coefficient (Wildman–Crippen LogP) is 6.17. The average Bonchev–Trinajstić information content (AvgIpc) is 2.90. The van der Waals surface area contributed by atoms with Gasteiger partial charge >= 0.3 is 0 Å². The maximum absolute atomic E-state index is 12.1. The van der Waals surface area contributed by atoms with Gasteiger partial charge in [-0.1, -0.05) is 58.2 Å². The van der Waals surface area contributed by atoms with Gasteiger partial charge in [-0.25, -0.2) is 4.98 Å². The second-order valence-corrected chi connectivity index (χ2v) is 7.29. The molecule has 0 saturated carbocycles. The van der Waals surface area contributed by atoms with Gasteiger partial charge in [0.2, 0.25) is 5.91 Å². The number of rotatable bonds is 4. The Bertz CT molecular complexity index is 906. The van der Waals surface area contributed by atoms with Crippen LogP contribution in [-0.4, -0.2) is 16.6 Å². The lowest BCUT2D eigenvalue weighted by molar-refractivity contribution is -0.113. The zero-order valence-electron chi connectivity index (χ0n) is 11.8. The number of fused-ring (bicyclic) bond motifs is 1. The second-order valence-electron chi connectivity index (χ2n) is 4.67. The number of oxazole rings is 1. The standard InChI is InChI=1S/C15H8Cl4N2O2S/c16-7-1-2-12-11(5-7)20-15(23-12)24-6-13(22)21-14-9(18)3-8(17)4-10(14)19/h1-5H,6H2,(H,21,22). The number of carbonyl (C=O) groups excluding carboxylic acids is 1. The summed E-state index contributed by atoms with van der Waals surface area (Å²) in [7, 11) is 0. The van der Waals surface area contributed by atoms with Crippen molar-refractivity contribution < 1.29 is 9.21 Å². The van der Waals surface area contributed by atoms with Crippen molar-refractivity contribution in [1.29, 1.82) is 0 Å². The van der Waals surface area contributed by atoms with E-state index >= 15 is 0 Å². The van der Waals surface area contributed by atoms with Crippen molar-refractivity contribution in [2.24, 2.45) is 0 Å². The minimum absolute atomic E-state index is 0.0792. The second kappa shape index (κ2) is 7.42. The fourth-order valence-corrected chi connectivity index (χ4v) is 3.62. The average molecular weight is 422 g/mol. The zero-order chi connectivity index (χ0) is 17.3. The van der Waals surface area contributed by atoms with Gasteiger partial charge in [0.05, 0.1) is 21.5 Å². The summed E-state index contributed by atoms with van der Waals surface area (Å²) in [6, 6.07) is 8.13. The van der Waals surface area contributed by atoms with E-state index in [0.717, 1.165) is 11.8 Å². The summed E-state index contributed by atoms with van der Waals surface area (Å²) in [5.74, 6) is -0.220. The summed E-state index contributed by atoms with van der Waals surface area (Å²) < 4.78 is 5.53. The van der Waals surface area contributed by atoms with Gasteiger partial charge in [-0.2, -0.15) is 0 Å². The van der Waals surface area contributed by atoms with E-state index in [-0.39, 0.29) is 21.7 Å². The maximum Gasteiger partial charge on any atom is 0.257 e. The number of thioether (sulfide) groups is 1. The minimum Gasteiger partial charge on any atom is -0.431 e. The Balaban J connectivity index is 1.67. The highest BCUT2D eigenvalue weighted by Crippen LogP contribution is 2.34. The summed E-state index contributed by atoms with van der Waals surface area (Å²) in [5, 5.41) is 4.51. The van der Waals surface area contributed by atoms with Gasteiger partial charge in [0.15, 0.2) is 5.58 Å². The van der Waals surface area contributed by atoms with E-state index in [2.05, 4.69) is 10.3 Å². The lowest BCUT2D eigenvalue weighted by Gasteiger charge is -2.09. The molecule has 0 radical (unpaired) electrons. The lowest BCUT2D eigenvalue weighted by Crippen LogP contribution is -2.14. The third-order valence-electron chi connectivity index (χ3n) is 2.93. The summed E-state index contributed by atoms with van der Waals surface area (Å²) in [5.41, 5.74) is 1.55. The zero-order valence-corrected chi connectivity index (χ0v) is 15.6. The van der Waals surface area contributed by atoms with Crippen molar-refractivity contribution in [2.45, 2.75) is 5.22 Å². The van der Waals surface area contributed by atoms with E-state index in [1.165, 1.54) is 12.1 Å².